The highest BCUT2D eigenvalue weighted by molar-refractivity contribution is 6.01. The third kappa shape index (κ3) is 15.3. The van der Waals surface area contributed by atoms with Crippen molar-refractivity contribution in [1.82, 2.24) is 9.97 Å². The number of carbonyl (C=O) groups excluding carboxylic acids is 4. The summed E-state index contributed by atoms with van der Waals surface area (Å²) >= 11 is 0. The van der Waals surface area contributed by atoms with Crippen LogP contribution in [0.4, 0.5) is 37.7 Å². The van der Waals surface area contributed by atoms with Gasteiger partial charge in [0.1, 0.15) is 29.3 Å². The molecule has 0 aliphatic carbocycles. The Kier molecular flexibility index (Phi) is 18.6. The van der Waals surface area contributed by atoms with E-state index in [2.05, 4.69) is 9.97 Å². The number of Topliss-reactive ketones (excluding diaryl/α,β-unsaturated/α-hetero) is 4. The fourth-order valence-corrected chi connectivity index (χ4v) is 8.93. The van der Waals surface area contributed by atoms with Crippen LogP contribution in [0.3, 0.4) is 0 Å². The highest BCUT2D eigenvalue weighted by Gasteiger charge is 2.36. The zero-order valence-corrected chi connectivity index (χ0v) is 37.7. The van der Waals surface area contributed by atoms with Gasteiger partial charge in [0.2, 0.25) is 0 Å². The van der Waals surface area contributed by atoms with E-state index in [0.717, 1.165) is 81.6 Å². The summed E-state index contributed by atoms with van der Waals surface area (Å²) in [7, 11) is 0. The van der Waals surface area contributed by atoms with Gasteiger partial charge in [0.15, 0.2) is 11.6 Å². The van der Waals surface area contributed by atoms with Crippen LogP contribution in [0.1, 0.15) is 164 Å². The van der Waals surface area contributed by atoms with Crippen molar-refractivity contribution in [2.45, 2.75) is 148 Å². The molecule has 4 N–H and O–H groups in total. The molecule has 66 heavy (non-hydrogen) atoms. The van der Waals surface area contributed by atoms with Crippen LogP contribution in [-0.4, -0.2) is 70.8 Å². The van der Waals surface area contributed by atoms with E-state index >= 15 is 0 Å². The zero-order chi connectivity index (χ0) is 48.0. The third-order valence-electron chi connectivity index (χ3n) is 12.2. The van der Waals surface area contributed by atoms with Gasteiger partial charge < -0.3 is 20.9 Å². The lowest BCUT2D eigenvalue weighted by Crippen LogP contribution is -2.32. The topological polar surface area (TPSA) is 174 Å². The number of rotatable bonds is 24. The second kappa shape index (κ2) is 23.8. The molecular weight excluding hydrogens is 865 g/mol. The van der Waals surface area contributed by atoms with E-state index in [1.54, 1.807) is 6.92 Å². The molecule has 17 heteroatoms. The number of halogens is 6. The van der Waals surface area contributed by atoms with Crippen molar-refractivity contribution >= 4 is 46.1 Å². The maximum Gasteiger partial charge on any atom is 0.416 e. The minimum Gasteiger partial charge on any atom is -0.388 e. The van der Waals surface area contributed by atoms with Crippen LogP contribution in [0.25, 0.3) is 0 Å². The number of alkyl halides is 6. The minimum absolute atomic E-state index is 0.0356. The van der Waals surface area contributed by atoms with Crippen molar-refractivity contribution < 1.29 is 45.5 Å². The molecule has 358 valence electrons. The first-order chi connectivity index (χ1) is 31.3. The van der Waals surface area contributed by atoms with E-state index in [-0.39, 0.29) is 76.7 Å². The Balaban J connectivity index is 1.44. The highest BCUT2D eigenvalue weighted by atomic mass is 19.4. The molecule has 0 saturated carbocycles. The molecule has 0 spiro atoms. The summed E-state index contributed by atoms with van der Waals surface area (Å²) in [4.78, 5) is 66.6. The second-order valence-electron chi connectivity index (χ2n) is 17.7. The van der Waals surface area contributed by atoms with E-state index in [1.807, 2.05) is 9.80 Å². The average molecular weight is 926 g/mol. The fraction of sp³-hybridized carbons (Fsp3) is 0.551. The summed E-state index contributed by atoms with van der Waals surface area (Å²) in [6.45, 7) is 3.73. The average Bonchev–Trinajstić information content (AvgIpc) is 3.25. The summed E-state index contributed by atoms with van der Waals surface area (Å²) in [6, 6.07) is 4.91. The smallest absolute Gasteiger partial charge is 0.388 e. The molecule has 3 heterocycles. The first-order valence-electron chi connectivity index (χ1n) is 23.0. The number of unbranched alkanes of at least 4 members (excludes halogenated alkanes) is 4. The lowest BCUT2D eigenvalue weighted by atomic mass is 9.91. The number of aromatic nitrogens is 2. The van der Waals surface area contributed by atoms with E-state index in [1.165, 1.54) is 0 Å². The van der Waals surface area contributed by atoms with Gasteiger partial charge in [0.25, 0.3) is 0 Å². The molecule has 3 aromatic rings. The van der Waals surface area contributed by atoms with Crippen molar-refractivity contribution in [1.29, 1.82) is 10.8 Å². The molecule has 2 saturated heterocycles. The van der Waals surface area contributed by atoms with Gasteiger partial charge in [-0.25, -0.2) is 9.97 Å². The predicted octanol–water partition coefficient (Wildman–Crippen LogP) is 10.4. The van der Waals surface area contributed by atoms with Gasteiger partial charge >= 0.3 is 12.4 Å². The van der Waals surface area contributed by atoms with E-state index in [9.17, 15) is 45.5 Å². The molecule has 0 unspecified atom stereocenters. The molecule has 2 aliphatic heterocycles. The predicted molar refractivity (Wildman–Crippen MR) is 242 cm³/mol. The van der Waals surface area contributed by atoms with Gasteiger partial charge in [-0.1, -0.05) is 12.8 Å². The lowest BCUT2D eigenvalue weighted by Gasteiger charge is -2.33. The number of anilines is 2. The Morgan fingerprint density at radius 2 is 0.909 bits per heavy atom. The summed E-state index contributed by atoms with van der Waals surface area (Å²) in [6.07, 6.45) is -0.522. The van der Waals surface area contributed by atoms with Gasteiger partial charge in [-0.3, -0.25) is 24.6 Å². The number of nitrogens with one attached hydrogen (secondary N) is 2. The number of piperidine rings is 2. The van der Waals surface area contributed by atoms with E-state index < -0.39 is 47.9 Å². The van der Waals surface area contributed by atoms with Crippen molar-refractivity contribution in [3.63, 3.8) is 0 Å². The fourth-order valence-electron chi connectivity index (χ4n) is 8.93. The molecule has 2 aliphatic rings. The van der Waals surface area contributed by atoms with Crippen molar-refractivity contribution in [3.05, 3.63) is 81.4 Å². The summed E-state index contributed by atoms with van der Waals surface area (Å²) in [5, 5.41) is 15.0. The molecule has 5 rings (SSSR count). The van der Waals surface area contributed by atoms with Gasteiger partial charge in [0.05, 0.1) is 17.0 Å². The second-order valence-corrected chi connectivity index (χ2v) is 17.7. The number of nitrogens with zero attached hydrogens (tertiary/aromatic N) is 4. The number of hydrogen-bond acceptors (Lipinski definition) is 10. The molecule has 11 nitrogen and oxygen atoms in total. The molecular formula is C49H61F6N7O4. The molecule has 0 atom stereocenters. The standard InChI is InChI=1S/C49H61F6N7O4/c1-32(56)14-6-2-7-15-39(63)26-33-22-37(48(50,51)52)24-35(46(33)61-18-10-4-11-19-61)28-43(65)41-30-42(60-31-59-41)44(66)29-36-25-38(49(53,54)55)23-34(47(36)62-20-12-5-13-21-62)27-40(64)16-8-3-9-17-45(57)58/h22-25,30-31,56H,2-21,26-29H2,1H3,(H3,57,58). The Morgan fingerprint density at radius 1 is 0.545 bits per heavy atom. The zero-order valence-electron chi connectivity index (χ0n) is 37.7. The van der Waals surface area contributed by atoms with Crippen molar-refractivity contribution in [3.8, 4) is 0 Å². The van der Waals surface area contributed by atoms with Crippen LogP contribution in [0, 0.1) is 10.8 Å². The molecule has 2 fully saturated rings. The van der Waals surface area contributed by atoms with Crippen molar-refractivity contribution in [2.24, 2.45) is 5.73 Å². The number of benzene rings is 2. The normalized spacial score (nSPS) is 14.6. The third-order valence-corrected chi connectivity index (χ3v) is 12.2. The van der Waals surface area contributed by atoms with E-state index in [0.29, 0.717) is 88.2 Å². The van der Waals surface area contributed by atoms with Gasteiger partial charge in [-0.05, 0) is 130 Å². The SMILES string of the molecule is CC(=N)CCCCCC(=O)Cc1cc(C(F)(F)F)cc(CC(=O)c2cc(C(=O)Cc3cc(C(F)(F)F)cc(CC(=O)CCCCCC(=N)N)c3N3CCCCC3)ncn2)c1N1CCCCC1. The lowest BCUT2D eigenvalue weighted by molar-refractivity contribution is -0.138. The summed E-state index contributed by atoms with van der Waals surface area (Å²) < 4.78 is 86.8. The first kappa shape index (κ1) is 51.5. The Bertz CT molecular complexity index is 2080. The monoisotopic (exact) mass is 925 g/mol. The van der Waals surface area contributed by atoms with Crippen LogP contribution in [0.2, 0.25) is 0 Å². The quantitative estimate of drug-likeness (QED) is 0.0260. The van der Waals surface area contributed by atoms with Crippen LogP contribution in [-0.2, 0) is 47.6 Å². The number of amidine groups is 1. The highest BCUT2D eigenvalue weighted by Crippen LogP contribution is 2.40. The molecule has 0 bridgehead atoms. The van der Waals surface area contributed by atoms with Crippen LogP contribution < -0.4 is 15.5 Å². The number of carbonyl (C=O) groups is 4. The maximum atomic E-state index is 14.5. The van der Waals surface area contributed by atoms with Crippen molar-refractivity contribution in [2.75, 3.05) is 36.0 Å². The number of hydrogen-bond donors (Lipinski definition) is 3. The molecule has 2 aromatic carbocycles. The maximum absolute atomic E-state index is 14.5. The Hall–Kier alpha value is -5.48. The Morgan fingerprint density at radius 3 is 1.27 bits per heavy atom. The first-order valence-corrected chi connectivity index (χ1v) is 23.0. The molecule has 0 amide bonds. The largest absolute Gasteiger partial charge is 0.416 e. The van der Waals surface area contributed by atoms with Crippen LogP contribution in [0.5, 0.6) is 0 Å². The summed E-state index contributed by atoms with van der Waals surface area (Å²) in [5.41, 5.74) is 4.58. The van der Waals surface area contributed by atoms with Crippen LogP contribution >= 0.6 is 0 Å². The molecule has 1 aromatic heterocycles. The van der Waals surface area contributed by atoms with Gasteiger partial charge in [-0.15, -0.1) is 0 Å². The van der Waals surface area contributed by atoms with Crippen LogP contribution in [0.15, 0.2) is 36.7 Å². The number of nitrogens with two attached hydrogens (primary N) is 1. The van der Waals surface area contributed by atoms with E-state index in [4.69, 9.17) is 16.6 Å². The Labute approximate surface area is 382 Å². The molecule has 0 radical (unpaired) electrons. The minimum atomic E-state index is -4.80. The van der Waals surface area contributed by atoms with Gasteiger partial charge in [-0.2, -0.15) is 26.3 Å². The van der Waals surface area contributed by atoms with Gasteiger partial charge in [0, 0.05) is 88.2 Å². The summed E-state index contributed by atoms with van der Waals surface area (Å²) in [5.74, 6) is -1.92. The number of ketones is 4.